The number of rotatable bonds is 6. The largest absolute Gasteiger partial charge is 0.592 e. The van der Waals surface area contributed by atoms with Gasteiger partial charge < -0.3 is 20.4 Å². The highest BCUT2D eigenvalue weighted by Crippen LogP contribution is 2.37. The summed E-state index contributed by atoms with van der Waals surface area (Å²) in [6, 6.07) is 10.9. The number of phenols is 1. The number of nitrogens with zero attached hydrogens (tertiary/aromatic N) is 1. The summed E-state index contributed by atoms with van der Waals surface area (Å²) in [5, 5.41) is 21.4. The number of nitrogens with one attached hydrogen (secondary N) is 1. The molecule has 27 heavy (non-hydrogen) atoms. The molecular weight excluding hydrogens is 364 g/mol. The van der Waals surface area contributed by atoms with Gasteiger partial charge in [-0.3, -0.25) is 4.79 Å². The first-order chi connectivity index (χ1) is 13.0. The molecule has 2 aromatic rings. The Hall–Kier alpha value is -2.24. The minimum absolute atomic E-state index is 0.0102. The molecule has 1 amide bonds. The number of carbonyl (C=O) groups is 1. The Kier molecular flexibility index (Phi) is 6.24. The molecule has 0 bridgehead atoms. The molecule has 2 aromatic carbocycles. The lowest BCUT2D eigenvalue weighted by Crippen LogP contribution is -2.30. The predicted molar refractivity (Wildman–Crippen MR) is 108 cm³/mol. The van der Waals surface area contributed by atoms with Crippen LogP contribution in [0.2, 0.25) is 5.02 Å². The first-order valence-electron chi connectivity index (χ1n) is 9.36. The summed E-state index contributed by atoms with van der Waals surface area (Å²) < 4.78 is 0. The zero-order valence-electron chi connectivity index (χ0n) is 15.5. The van der Waals surface area contributed by atoms with Crippen molar-refractivity contribution in [1.82, 2.24) is 10.2 Å². The van der Waals surface area contributed by atoms with Crippen LogP contribution in [0, 0.1) is 0 Å². The van der Waals surface area contributed by atoms with Gasteiger partial charge in [0, 0.05) is 13.1 Å². The second-order valence-corrected chi connectivity index (χ2v) is 7.33. The molecule has 0 spiro atoms. The zero-order chi connectivity index (χ0) is 19.4. The number of aromatic hydroxyl groups is 1. The Balaban J connectivity index is 1.82. The van der Waals surface area contributed by atoms with Crippen molar-refractivity contribution in [2.45, 2.75) is 38.8 Å². The summed E-state index contributed by atoms with van der Waals surface area (Å²) in [6.07, 6.45) is 2.90. The molecule has 0 radical (unpaired) electrons. The molecule has 6 heteroatoms. The molecule has 1 heterocycles. The van der Waals surface area contributed by atoms with E-state index in [1.54, 1.807) is 4.90 Å². The maximum atomic E-state index is 13.0. The first-order valence-corrected chi connectivity index (χ1v) is 9.73. The van der Waals surface area contributed by atoms with Crippen LogP contribution in [0.4, 0.5) is 0 Å². The average Bonchev–Trinajstić information content (AvgIpc) is 3.14. The number of halogens is 1. The molecular formula is C21H26ClN2O3+. The molecule has 144 valence electrons. The van der Waals surface area contributed by atoms with Crippen molar-refractivity contribution < 1.29 is 15.0 Å². The van der Waals surface area contributed by atoms with E-state index in [-0.39, 0.29) is 34.0 Å². The normalized spacial score (nSPS) is 16.7. The second kappa shape index (κ2) is 8.63. The standard InChI is InChI=1S/C21H25ClN2O3/c1-2-8-23-13-14-5-3-6-15(10-14)18-7-4-9-24(18)21(27)16-11-17(22)20(26)12-19(16)25/h3,5-6,10-12,18,23,25-26H,2,4,7-9,13H2,1H3/p+1. The minimum Gasteiger partial charge on any atom is -0.592 e. The van der Waals surface area contributed by atoms with Gasteiger partial charge in [-0.15, -0.1) is 0 Å². The minimum atomic E-state index is -0.244. The molecule has 3 rings (SSSR count). The van der Waals surface area contributed by atoms with E-state index in [4.69, 9.17) is 16.7 Å². The van der Waals surface area contributed by atoms with Gasteiger partial charge in [0.25, 0.3) is 11.7 Å². The number of phenolic OH excluding ortho intramolecular Hbond substituents is 1. The van der Waals surface area contributed by atoms with Crippen molar-refractivity contribution in [3.8, 4) is 11.5 Å². The maximum Gasteiger partial charge on any atom is 0.276 e. The van der Waals surface area contributed by atoms with E-state index in [1.807, 2.05) is 6.07 Å². The van der Waals surface area contributed by atoms with Gasteiger partial charge in [-0.25, -0.2) is 0 Å². The van der Waals surface area contributed by atoms with E-state index in [0.717, 1.165) is 37.9 Å². The Morgan fingerprint density at radius 2 is 2.19 bits per heavy atom. The Bertz CT molecular complexity index is 825. The molecule has 4 N–H and O–H groups in total. The van der Waals surface area contributed by atoms with Crippen molar-refractivity contribution in [3.05, 3.63) is 58.1 Å². The van der Waals surface area contributed by atoms with E-state index >= 15 is 0 Å². The molecule has 1 fully saturated rings. The van der Waals surface area contributed by atoms with Gasteiger partial charge in [-0.05, 0) is 43.0 Å². The van der Waals surface area contributed by atoms with Crippen LogP contribution in [0.25, 0.3) is 0 Å². The van der Waals surface area contributed by atoms with Gasteiger partial charge in [-0.2, -0.15) is 0 Å². The first kappa shape index (κ1) is 19.5. The number of likely N-dealkylation sites (tertiary alicyclic amines) is 1. The summed E-state index contributed by atoms with van der Waals surface area (Å²) in [5.74, 6) is -0.431. The van der Waals surface area contributed by atoms with Gasteiger partial charge in [-0.1, -0.05) is 42.8 Å². The van der Waals surface area contributed by atoms with E-state index < -0.39 is 0 Å². The maximum absolute atomic E-state index is 13.0. The van der Waals surface area contributed by atoms with Crippen molar-refractivity contribution in [1.29, 1.82) is 0 Å². The summed E-state index contributed by atoms with van der Waals surface area (Å²) in [6.45, 7) is 4.57. The fourth-order valence-electron chi connectivity index (χ4n) is 3.56. The third kappa shape index (κ3) is 4.37. The summed E-state index contributed by atoms with van der Waals surface area (Å²) in [5.41, 5.74) is 2.47. The van der Waals surface area contributed by atoms with Crippen LogP contribution >= 0.6 is 11.6 Å². The summed E-state index contributed by atoms with van der Waals surface area (Å²) in [7, 11) is 0. The summed E-state index contributed by atoms with van der Waals surface area (Å²) >= 11 is 5.99. The van der Waals surface area contributed by atoms with Gasteiger partial charge in [0.05, 0.1) is 17.7 Å². The Morgan fingerprint density at radius 1 is 1.37 bits per heavy atom. The number of benzene rings is 2. The third-order valence-corrected chi connectivity index (χ3v) is 5.23. The average molecular weight is 390 g/mol. The second-order valence-electron chi connectivity index (χ2n) is 6.93. The molecule has 1 saturated heterocycles. The number of hydrogen-bond donors (Lipinski definition) is 2. The van der Waals surface area contributed by atoms with E-state index in [1.165, 1.54) is 17.7 Å². The zero-order valence-corrected chi connectivity index (χ0v) is 16.2. The lowest BCUT2D eigenvalue weighted by molar-refractivity contribution is 0.0732. The lowest BCUT2D eigenvalue weighted by Gasteiger charge is -2.26. The molecule has 0 aromatic heterocycles. The Morgan fingerprint density at radius 3 is 2.96 bits per heavy atom. The number of amides is 1. The van der Waals surface area contributed by atoms with Crippen LogP contribution in [0.3, 0.4) is 0 Å². The Labute approximate surface area is 164 Å². The summed E-state index contributed by atoms with van der Waals surface area (Å²) in [4.78, 5) is 14.8. The number of carbonyl (C=O) groups excluding carboxylic acids is 1. The fraction of sp³-hybridized carbons (Fsp3) is 0.381. The number of hydrogen-bond acceptors (Lipinski definition) is 3. The van der Waals surface area contributed by atoms with Crippen LogP contribution in [0.1, 0.15) is 53.7 Å². The predicted octanol–water partition coefficient (Wildman–Crippen LogP) is 3.96. The topological polar surface area (TPSA) is 75.5 Å². The van der Waals surface area contributed by atoms with Crippen molar-refractivity contribution >= 4 is 17.5 Å². The smallest absolute Gasteiger partial charge is 0.276 e. The van der Waals surface area contributed by atoms with Crippen LogP contribution in [-0.2, 0) is 6.54 Å². The quantitative estimate of drug-likeness (QED) is 0.580. The molecule has 0 saturated carbocycles. The lowest BCUT2D eigenvalue weighted by atomic mass is 10.0. The van der Waals surface area contributed by atoms with Crippen molar-refractivity contribution in [3.63, 3.8) is 0 Å². The molecule has 1 aliphatic rings. The van der Waals surface area contributed by atoms with Crippen LogP contribution in [-0.4, -0.2) is 34.1 Å². The van der Waals surface area contributed by atoms with E-state index in [9.17, 15) is 9.90 Å². The van der Waals surface area contributed by atoms with E-state index in [0.29, 0.717) is 6.54 Å². The highest BCUT2D eigenvalue weighted by atomic mass is 35.5. The monoisotopic (exact) mass is 389 g/mol. The van der Waals surface area contributed by atoms with E-state index in [2.05, 4.69) is 30.4 Å². The molecule has 0 aliphatic carbocycles. The van der Waals surface area contributed by atoms with Crippen molar-refractivity contribution in [2.24, 2.45) is 0 Å². The van der Waals surface area contributed by atoms with Crippen LogP contribution < -0.4 is 5.32 Å². The van der Waals surface area contributed by atoms with Crippen LogP contribution in [0.15, 0.2) is 36.4 Å². The molecule has 1 atom stereocenters. The third-order valence-electron chi connectivity index (χ3n) is 4.92. The molecule has 1 unspecified atom stereocenters. The van der Waals surface area contributed by atoms with Gasteiger partial charge in [0.2, 0.25) is 0 Å². The SMILES string of the molecule is CCCNCc1cccc(C2CCCN2C(=O)c2cc(Cl)c([OH2+])cc2O)c1. The van der Waals surface area contributed by atoms with Gasteiger partial charge in [0.15, 0.2) is 0 Å². The van der Waals surface area contributed by atoms with Gasteiger partial charge >= 0.3 is 0 Å². The highest BCUT2D eigenvalue weighted by Gasteiger charge is 2.32. The highest BCUT2D eigenvalue weighted by molar-refractivity contribution is 6.32. The molecule has 5 nitrogen and oxygen atoms in total. The fourth-order valence-corrected chi connectivity index (χ4v) is 3.73. The van der Waals surface area contributed by atoms with Crippen molar-refractivity contribution in [2.75, 3.05) is 13.1 Å². The van der Waals surface area contributed by atoms with Crippen LogP contribution in [0.5, 0.6) is 11.5 Å². The molecule has 1 aliphatic heterocycles. The van der Waals surface area contributed by atoms with Gasteiger partial charge in [0.1, 0.15) is 10.8 Å².